The molecule has 0 aliphatic rings. The average molecular weight is 468 g/mol. The Hall–Kier alpha value is -3.52. The van der Waals surface area contributed by atoms with Crippen molar-refractivity contribution in [3.63, 3.8) is 0 Å². The quantitative estimate of drug-likeness (QED) is 0.297. The van der Waals surface area contributed by atoms with E-state index in [1.165, 1.54) is 18.2 Å². The van der Waals surface area contributed by atoms with Gasteiger partial charge in [0.2, 0.25) is 0 Å². The van der Waals surface area contributed by atoms with Crippen LogP contribution in [0.2, 0.25) is 0 Å². The maximum atomic E-state index is 12.3. The van der Waals surface area contributed by atoms with Crippen molar-refractivity contribution in [3.8, 4) is 5.75 Å². The van der Waals surface area contributed by atoms with E-state index in [1.807, 2.05) is 48.5 Å². The van der Waals surface area contributed by atoms with Gasteiger partial charge in [-0.1, -0.05) is 40.2 Å². The molecule has 0 atom stereocenters. The summed E-state index contributed by atoms with van der Waals surface area (Å²) in [6, 6.07) is 20.9. The summed E-state index contributed by atoms with van der Waals surface area (Å²) in [5.41, 5.74) is 4.45. The minimum Gasteiger partial charge on any atom is -0.489 e. The van der Waals surface area contributed by atoms with Crippen LogP contribution in [0.1, 0.15) is 28.4 Å². The number of rotatable bonds is 7. The first-order valence-corrected chi connectivity index (χ1v) is 9.79. The summed E-state index contributed by atoms with van der Waals surface area (Å²) in [5, 5.41) is 15.1. The molecule has 8 heteroatoms. The summed E-state index contributed by atoms with van der Waals surface area (Å²) < 4.78 is 6.78. The molecule has 3 rings (SSSR count). The fourth-order valence-electron chi connectivity index (χ4n) is 2.62. The van der Waals surface area contributed by atoms with Crippen molar-refractivity contribution >= 4 is 33.2 Å². The van der Waals surface area contributed by atoms with E-state index in [9.17, 15) is 14.9 Å². The molecule has 152 valence electrons. The van der Waals surface area contributed by atoms with Crippen LogP contribution < -0.4 is 10.2 Å². The van der Waals surface area contributed by atoms with Gasteiger partial charge in [-0.25, -0.2) is 5.43 Å². The molecular weight excluding hydrogens is 450 g/mol. The third-order valence-electron chi connectivity index (χ3n) is 4.26. The maximum Gasteiger partial charge on any atom is 0.282 e. The number of hydrogen-bond donors (Lipinski definition) is 1. The zero-order valence-electron chi connectivity index (χ0n) is 16.0. The summed E-state index contributed by atoms with van der Waals surface area (Å²) in [5.74, 6) is 0.0644. The molecule has 0 fully saturated rings. The largest absolute Gasteiger partial charge is 0.489 e. The van der Waals surface area contributed by atoms with E-state index >= 15 is 0 Å². The Bertz CT molecular complexity index is 1080. The van der Waals surface area contributed by atoms with E-state index in [1.54, 1.807) is 13.0 Å². The molecule has 30 heavy (non-hydrogen) atoms. The van der Waals surface area contributed by atoms with Gasteiger partial charge in [-0.15, -0.1) is 0 Å². The minimum atomic E-state index is -0.642. The Morgan fingerprint density at radius 2 is 1.73 bits per heavy atom. The standard InChI is InChI=1S/C22H18BrN3O4/c1-15(24-25-22(27)20-4-2-3-5-21(20)26(28)29)17-8-12-19(13-9-17)30-14-16-6-10-18(23)11-7-16/h2-13H,14H2,1H3,(H,25,27)/b24-15+. The molecule has 1 N–H and O–H groups in total. The number of nitrogens with zero attached hydrogens (tertiary/aromatic N) is 2. The van der Waals surface area contributed by atoms with Gasteiger partial charge in [-0.2, -0.15) is 5.10 Å². The van der Waals surface area contributed by atoms with Crippen molar-refractivity contribution < 1.29 is 14.5 Å². The summed E-state index contributed by atoms with van der Waals surface area (Å²) in [7, 11) is 0. The maximum absolute atomic E-state index is 12.3. The second kappa shape index (κ2) is 9.80. The molecule has 0 aliphatic heterocycles. The minimum absolute atomic E-state index is 0.0456. The molecule has 0 aromatic heterocycles. The van der Waals surface area contributed by atoms with Crippen LogP contribution in [0.5, 0.6) is 5.75 Å². The molecule has 0 saturated carbocycles. The number of benzene rings is 3. The van der Waals surface area contributed by atoms with Crippen molar-refractivity contribution in [2.24, 2.45) is 5.10 Å². The van der Waals surface area contributed by atoms with Gasteiger partial charge in [0.25, 0.3) is 11.6 Å². The normalized spacial score (nSPS) is 11.1. The molecular formula is C22H18BrN3O4. The number of carbonyl (C=O) groups is 1. The first-order valence-electron chi connectivity index (χ1n) is 9.00. The van der Waals surface area contributed by atoms with Gasteiger partial charge in [0.1, 0.15) is 17.9 Å². The number of amides is 1. The number of nitrogens with one attached hydrogen (secondary N) is 1. The lowest BCUT2D eigenvalue weighted by Gasteiger charge is -2.08. The number of carbonyl (C=O) groups excluding carboxylic acids is 1. The summed E-state index contributed by atoms with van der Waals surface area (Å²) in [6.07, 6.45) is 0. The molecule has 0 spiro atoms. The van der Waals surface area contributed by atoms with Crippen LogP contribution in [0.3, 0.4) is 0 Å². The van der Waals surface area contributed by atoms with Crippen LogP contribution in [0.15, 0.2) is 82.4 Å². The van der Waals surface area contributed by atoms with Crippen molar-refractivity contribution in [3.05, 3.63) is 104 Å². The van der Waals surface area contributed by atoms with Crippen LogP contribution >= 0.6 is 15.9 Å². The molecule has 3 aromatic carbocycles. The van der Waals surface area contributed by atoms with Crippen molar-refractivity contribution in [2.75, 3.05) is 0 Å². The number of hydrogen-bond acceptors (Lipinski definition) is 5. The average Bonchev–Trinajstić information content (AvgIpc) is 2.77. The van der Waals surface area contributed by atoms with Crippen LogP contribution in [-0.2, 0) is 6.61 Å². The summed E-state index contributed by atoms with van der Waals surface area (Å²) in [4.78, 5) is 22.7. The number of para-hydroxylation sites is 1. The van der Waals surface area contributed by atoms with Gasteiger partial charge in [0, 0.05) is 10.5 Å². The Kier molecular flexibility index (Phi) is 6.92. The fraction of sp³-hybridized carbons (Fsp3) is 0.0909. The Balaban J connectivity index is 1.62. The van der Waals surface area contributed by atoms with E-state index in [0.717, 1.165) is 15.6 Å². The third kappa shape index (κ3) is 5.51. The molecule has 0 radical (unpaired) electrons. The topological polar surface area (TPSA) is 93.8 Å². The van der Waals surface area contributed by atoms with Gasteiger partial charge in [0.15, 0.2) is 0 Å². The van der Waals surface area contributed by atoms with E-state index in [4.69, 9.17) is 4.74 Å². The Morgan fingerprint density at radius 1 is 1.07 bits per heavy atom. The van der Waals surface area contributed by atoms with Crippen molar-refractivity contribution in [2.45, 2.75) is 13.5 Å². The van der Waals surface area contributed by atoms with Gasteiger partial charge in [-0.05, 0) is 60.5 Å². The highest BCUT2D eigenvalue weighted by Crippen LogP contribution is 2.18. The zero-order valence-corrected chi connectivity index (χ0v) is 17.6. The molecule has 1 amide bonds. The van der Waals surface area contributed by atoms with Gasteiger partial charge < -0.3 is 4.74 Å². The van der Waals surface area contributed by atoms with E-state index in [2.05, 4.69) is 26.5 Å². The first-order chi connectivity index (χ1) is 14.4. The lowest BCUT2D eigenvalue weighted by molar-refractivity contribution is -0.385. The predicted molar refractivity (Wildman–Crippen MR) is 118 cm³/mol. The van der Waals surface area contributed by atoms with Gasteiger partial charge in [0.05, 0.1) is 10.6 Å². The summed E-state index contributed by atoms with van der Waals surface area (Å²) >= 11 is 3.40. The van der Waals surface area contributed by atoms with Crippen molar-refractivity contribution in [1.82, 2.24) is 5.43 Å². The monoisotopic (exact) mass is 467 g/mol. The lowest BCUT2D eigenvalue weighted by atomic mass is 10.1. The van der Waals surface area contributed by atoms with Crippen LogP contribution in [0.25, 0.3) is 0 Å². The number of hydrazone groups is 1. The Labute approximate surface area is 181 Å². The zero-order chi connectivity index (χ0) is 21.5. The smallest absolute Gasteiger partial charge is 0.282 e. The molecule has 0 bridgehead atoms. The highest BCUT2D eigenvalue weighted by molar-refractivity contribution is 9.10. The number of halogens is 1. The number of nitro benzene ring substituents is 1. The first kappa shape index (κ1) is 21.2. The molecule has 3 aromatic rings. The predicted octanol–water partition coefficient (Wildman–Crippen LogP) is 5.09. The fourth-order valence-corrected chi connectivity index (χ4v) is 2.89. The highest BCUT2D eigenvalue weighted by atomic mass is 79.9. The van der Waals surface area contributed by atoms with E-state index in [0.29, 0.717) is 18.1 Å². The van der Waals surface area contributed by atoms with Crippen LogP contribution in [-0.4, -0.2) is 16.5 Å². The Morgan fingerprint density at radius 3 is 2.40 bits per heavy atom. The second-order valence-electron chi connectivity index (χ2n) is 6.35. The van der Waals surface area contributed by atoms with Crippen LogP contribution in [0, 0.1) is 10.1 Å². The van der Waals surface area contributed by atoms with E-state index in [-0.39, 0.29) is 11.3 Å². The third-order valence-corrected chi connectivity index (χ3v) is 4.79. The number of nitro groups is 1. The summed E-state index contributed by atoms with van der Waals surface area (Å²) in [6.45, 7) is 2.18. The van der Waals surface area contributed by atoms with Crippen LogP contribution in [0.4, 0.5) is 5.69 Å². The molecule has 0 aliphatic carbocycles. The molecule has 7 nitrogen and oxygen atoms in total. The molecule has 0 heterocycles. The second-order valence-corrected chi connectivity index (χ2v) is 7.27. The van der Waals surface area contributed by atoms with Gasteiger partial charge in [-0.3, -0.25) is 14.9 Å². The van der Waals surface area contributed by atoms with Crippen molar-refractivity contribution in [1.29, 1.82) is 0 Å². The molecule has 0 unspecified atom stereocenters. The SMILES string of the molecule is C/C(=N\NC(=O)c1ccccc1[N+](=O)[O-])c1ccc(OCc2ccc(Br)cc2)cc1. The molecule has 0 saturated heterocycles. The number of ether oxygens (including phenoxy) is 1. The highest BCUT2D eigenvalue weighted by Gasteiger charge is 2.18. The van der Waals surface area contributed by atoms with E-state index < -0.39 is 10.8 Å². The van der Waals surface area contributed by atoms with Gasteiger partial charge >= 0.3 is 0 Å². The lowest BCUT2D eigenvalue weighted by Crippen LogP contribution is -2.20.